The van der Waals surface area contributed by atoms with Gasteiger partial charge in [-0.15, -0.1) is 0 Å². The van der Waals surface area contributed by atoms with E-state index >= 15 is 0 Å². The molecule has 8 heteroatoms. The monoisotopic (exact) mass is 453 g/mol. The molecule has 32 heavy (non-hydrogen) atoms. The van der Waals surface area contributed by atoms with Crippen LogP contribution in [0.4, 0.5) is 0 Å². The van der Waals surface area contributed by atoms with Crippen molar-refractivity contribution in [3.8, 4) is 5.88 Å². The van der Waals surface area contributed by atoms with E-state index in [1.807, 2.05) is 33.8 Å². The Hall–Kier alpha value is -3.00. The lowest BCUT2D eigenvalue weighted by Crippen LogP contribution is -2.39. The molecule has 4 rings (SSSR count). The minimum Gasteiger partial charge on any atom is -0.477 e. The first kappa shape index (κ1) is 22.2. The van der Waals surface area contributed by atoms with Gasteiger partial charge in [-0.25, -0.2) is 18.1 Å². The van der Waals surface area contributed by atoms with Crippen molar-refractivity contribution in [1.82, 2.24) is 14.7 Å². The number of ether oxygens (including phenoxy) is 1. The van der Waals surface area contributed by atoms with Crippen molar-refractivity contribution in [2.75, 3.05) is 6.61 Å². The van der Waals surface area contributed by atoms with Gasteiger partial charge in [0.2, 0.25) is 11.8 Å². The van der Waals surface area contributed by atoms with Crippen LogP contribution in [0.1, 0.15) is 43.5 Å². The number of nitrogens with one attached hydrogen (secondary N) is 1. The summed E-state index contributed by atoms with van der Waals surface area (Å²) in [4.78, 5) is 22.1. The van der Waals surface area contributed by atoms with Crippen LogP contribution in [0.5, 0.6) is 5.88 Å². The number of benzene rings is 1. The van der Waals surface area contributed by atoms with Crippen LogP contribution in [0.2, 0.25) is 0 Å². The summed E-state index contributed by atoms with van der Waals surface area (Å²) in [5.74, 6) is 0.120. The molecule has 1 N–H and O–H groups in total. The van der Waals surface area contributed by atoms with Crippen LogP contribution in [0.3, 0.4) is 0 Å². The number of aryl methyl sites for hydroxylation is 2. The molecule has 7 nitrogen and oxygen atoms in total. The van der Waals surface area contributed by atoms with E-state index < -0.39 is 21.3 Å². The minimum absolute atomic E-state index is 0.0327. The molecule has 2 aromatic heterocycles. The molecular weight excluding hydrogens is 426 g/mol. The highest BCUT2D eigenvalue weighted by atomic mass is 32.2. The number of hydrogen-bond donors (Lipinski definition) is 1. The highest BCUT2D eigenvalue weighted by Crippen LogP contribution is 2.51. The van der Waals surface area contributed by atoms with Gasteiger partial charge >= 0.3 is 0 Å². The summed E-state index contributed by atoms with van der Waals surface area (Å²) in [6, 6.07) is 10.2. The topological polar surface area (TPSA) is 98.2 Å². The first-order valence-electron chi connectivity index (χ1n) is 10.7. The molecule has 0 aliphatic heterocycles. The largest absolute Gasteiger partial charge is 0.477 e. The van der Waals surface area contributed by atoms with Gasteiger partial charge in [0.25, 0.3) is 10.0 Å². The van der Waals surface area contributed by atoms with E-state index in [2.05, 4.69) is 14.7 Å². The average Bonchev–Trinajstić information content (AvgIpc) is 3.54. The maximum absolute atomic E-state index is 13.3. The van der Waals surface area contributed by atoms with E-state index in [1.54, 1.807) is 30.5 Å². The van der Waals surface area contributed by atoms with Gasteiger partial charge in [-0.3, -0.25) is 9.78 Å². The van der Waals surface area contributed by atoms with Crippen LogP contribution in [-0.2, 0) is 20.2 Å². The Morgan fingerprint density at radius 2 is 1.94 bits per heavy atom. The molecule has 0 bridgehead atoms. The van der Waals surface area contributed by atoms with Crippen molar-refractivity contribution in [2.45, 2.75) is 50.8 Å². The summed E-state index contributed by atoms with van der Waals surface area (Å²) < 4.78 is 34.6. The zero-order valence-corrected chi connectivity index (χ0v) is 19.5. The first-order valence-corrected chi connectivity index (χ1v) is 12.1. The first-order chi connectivity index (χ1) is 15.1. The number of rotatable bonds is 7. The van der Waals surface area contributed by atoms with Crippen molar-refractivity contribution in [1.29, 1.82) is 0 Å². The third-order valence-corrected chi connectivity index (χ3v) is 6.98. The van der Waals surface area contributed by atoms with E-state index in [1.165, 1.54) is 6.07 Å². The number of carbonyl (C=O) groups excluding carboxylic acids is 1. The smallest absolute Gasteiger partial charge is 0.264 e. The molecule has 1 aliphatic carbocycles. The third kappa shape index (κ3) is 4.19. The molecule has 1 aliphatic rings. The van der Waals surface area contributed by atoms with E-state index in [0.717, 1.165) is 11.3 Å². The number of amides is 1. The van der Waals surface area contributed by atoms with Crippen LogP contribution < -0.4 is 9.46 Å². The zero-order chi connectivity index (χ0) is 23.1. The fraction of sp³-hybridized carbons (Fsp3) is 0.375. The molecular formula is C24H27N3O4S. The minimum atomic E-state index is -4.10. The maximum Gasteiger partial charge on any atom is 0.264 e. The quantitative estimate of drug-likeness (QED) is 0.584. The molecule has 3 aromatic rings. The maximum atomic E-state index is 13.3. The van der Waals surface area contributed by atoms with Crippen molar-refractivity contribution in [2.24, 2.45) is 5.92 Å². The van der Waals surface area contributed by atoms with Gasteiger partial charge in [-0.05, 0) is 68.5 Å². The predicted molar refractivity (Wildman–Crippen MR) is 122 cm³/mol. The highest BCUT2D eigenvalue weighted by Gasteiger charge is 2.54. The third-order valence-electron chi connectivity index (χ3n) is 5.59. The highest BCUT2D eigenvalue weighted by molar-refractivity contribution is 7.90. The molecule has 0 saturated heterocycles. The van der Waals surface area contributed by atoms with Gasteiger partial charge < -0.3 is 4.74 Å². The number of fused-ring (bicyclic) bond motifs is 1. The summed E-state index contributed by atoms with van der Waals surface area (Å²) in [5, 5.41) is 0.474. The van der Waals surface area contributed by atoms with Gasteiger partial charge in [-0.1, -0.05) is 19.9 Å². The molecule has 1 amide bonds. The van der Waals surface area contributed by atoms with Crippen LogP contribution in [0, 0.1) is 19.8 Å². The van der Waals surface area contributed by atoms with Gasteiger partial charge in [0.05, 0.1) is 22.4 Å². The summed E-state index contributed by atoms with van der Waals surface area (Å²) in [6.45, 7) is 8.25. The van der Waals surface area contributed by atoms with Crippen LogP contribution in [0.15, 0.2) is 47.5 Å². The summed E-state index contributed by atoms with van der Waals surface area (Å²) in [6.07, 6.45) is 2.76. The fourth-order valence-corrected chi connectivity index (χ4v) is 5.01. The Morgan fingerprint density at radius 1 is 1.19 bits per heavy atom. The van der Waals surface area contributed by atoms with Crippen molar-refractivity contribution < 1.29 is 17.9 Å². The molecule has 2 heterocycles. The van der Waals surface area contributed by atoms with Crippen LogP contribution in [0.25, 0.3) is 10.9 Å². The van der Waals surface area contributed by atoms with Crippen LogP contribution >= 0.6 is 0 Å². The number of carbonyl (C=O) groups is 1. The molecule has 1 fully saturated rings. The molecule has 0 spiro atoms. The second kappa shape index (κ2) is 8.16. The van der Waals surface area contributed by atoms with E-state index in [9.17, 15) is 13.2 Å². The Bertz CT molecular complexity index is 1300. The SMILES string of the molecule is Cc1cnc(OCC(C)C)c(C2(C(=O)NS(=O)(=O)c3cccc4nc(C)ccc34)CC2)c1. The lowest BCUT2D eigenvalue weighted by Gasteiger charge is -2.20. The van der Waals surface area contributed by atoms with E-state index in [4.69, 9.17) is 4.74 Å². The van der Waals surface area contributed by atoms with Gasteiger partial charge in [0, 0.05) is 22.8 Å². The standard InChI is InChI=1S/C24H27N3O4S/c1-15(2)14-31-22-19(12-16(3)13-25-22)24(10-11-24)23(28)27-32(29,30)21-7-5-6-20-18(21)9-8-17(4)26-20/h5-9,12-13,15H,10-11,14H2,1-4H3,(H,27,28). The number of aromatic nitrogens is 2. The van der Waals surface area contributed by atoms with Gasteiger partial charge in [-0.2, -0.15) is 0 Å². The Labute approximate surface area is 188 Å². The Kier molecular flexibility index (Phi) is 5.67. The molecule has 0 atom stereocenters. The molecule has 1 saturated carbocycles. The van der Waals surface area contributed by atoms with Crippen LogP contribution in [-0.4, -0.2) is 30.9 Å². The summed E-state index contributed by atoms with van der Waals surface area (Å²) >= 11 is 0. The number of nitrogens with zero attached hydrogens (tertiary/aromatic N) is 2. The van der Waals surface area contributed by atoms with Crippen molar-refractivity contribution >= 4 is 26.8 Å². The molecule has 0 unspecified atom stereocenters. The molecule has 1 aromatic carbocycles. The summed E-state index contributed by atoms with van der Waals surface area (Å²) in [5.41, 5.74) is 1.91. The summed E-state index contributed by atoms with van der Waals surface area (Å²) in [7, 11) is -4.10. The number of hydrogen-bond acceptors (Lipinski definition) is 6. The Morgan fingerprint density at radius 3 is 2.62 bits per heavy atom. The van der Waals surface area contributed by atoms with Gasteiger partial charge in [0.15, 0.2) is 0 Å². The lowest BCUT2D eigenvalue weighted by molar-refractivity contribution is -0.121. The van der Waals surface area contributed by atoms with E-state index in [-0.39, 0.29) is 4.90 Å². The second-order valence-corrected chi connectivity index (χ2v) is 10.5. The average molecular weight is 454 g/mol. The van der Waals surface area contributed by atoms with Crippen molar-refractivity contribution in [3.05, 3.63) is 59.4 Å². The van der Waals surface area contributed by atoms with E-state index in [0.29, 0.717) is 47.7 Å². The zero-order valence-electron chi connectivity index (χ0n) is 18.7. The molecule has 0 radical (unpaired) electrons. The second-order valence-electron chi connectivity index (χ2n) is 8.86. The Balaban J connectivity index is 1.67. The van der Waals surface area contributed by atoms with Crippen molar-refractivity contribution in [3.63, 3.8) is 0 Å². The normalized spacial score (nSPS) is 15.0. The number of sulfonamides is 1. The predicted octanol–water partition coefficient (Wildman–Crippen LogP) is 3.82. The molecule has 168 valence electrons. The van der Waals surface area contributed by atoms with Gasteiger partial charge in [0.1, 0.15) is 0 Å². The number of pyridine rings is 2. The lowest BCUT2D eigenvalue weighted by atomic mass is 9.95. The fourth-order valence-electron chi connectivity index (χ4n) is 3.74.